The van der Waals surface area contributed by atoms with Crippen LogP contribution in [0, 0.1) is 0 Å². The second kappa shape index (κ2) is 8.65. The largest absolute Gasteiger partial charge is 0.472 e. The van der Waals surface area contributed by atoms with Gasteiger partial charge in [-0.3, -0.25) is 9.59 Å². The zero-order chi connectivity index (χ0) is 19.3. The molecule has 1 aliphatic heterocycles. The maximum absolute atomic E-state index is 12.4. The van der Waals surface area contributed by atoms with Gasteiger partial charge in [0.25, 0.3) is 5.91 Å². The topological polar surface area (TPSA) is 118 Å². The number of furan rings is 1. The van der Waals surface area contributed by atoms with Crippen molar-refractivity contribution in [2.45, 2.75) is 39.0 Å². The first kappa shape index (κ1) is 20.4. The molecule has 2 rings (SSSR count). The highest BCUT2D eigenvalue weighted by Gasteiger charge is 2.30. The average Bonchev–Trinajstić information content (AvgIpc) is 3.08. The van der Waals surface area contributed by atoms with Crippen LogP contribution in [-0.2, 0) is 19.6 Å². The predicted octanol–water partition coefficient (Wildman–Crippen LogP) is -0.0469. The molecule has 3 unspecified atom stereocenters. The summed E-state index contributed by atoms with van der Waals surface area (Å²) >= 11 is 0. The second-order valence-electron chi connectivity index (χ2n) is 6.39. The van der Waals surface area contributed by atoms with Crippen molar-refractivity contribution in [3.8, 4) is 0 Å². The van der Waals surface area contributed by atoms with Gasteiger partial charge in [-0.15, -0.1) is 0 Å². The lowest BCUT2D eigenvalue weighted by Crippen LogP contribution is -2.50. The molecule has 2 amide bonds. The molecule has 1 aromatic heterocycles. The standard InChI is InChI=1S/C16H25N3O6S/c1-11-8-19(9-12(2)25-11)26(22,23)7-5-17-15(20)13(3)18-16(21)14-4-6-24-10-14/h4,6,10-13H,5,7-9H2,1-3H3,(H,17,20)(H,18,21). The van der Waals surface area contributed by atoms with E-state index < -0.39 is 27.9 Å². The van der Waals surface area contributed by atoms with Crippen LogP contribution in [-0.4, -0.2) is 68.2 Å². The average molecular weight is 387 g/mol. The van der Waals surface area contributed by atoms with E-state index in [4.69, 9.17) is 9.15 Å². The fourth-order valence-electron chi connectivity index (χ4n) is 2.68. The molecule has 0 aromatic carbocycles. The first-order valence-corrected chi connectivity index (χ1v) is 10.0. The first-order chi connectivity index (χ1) is 12.2. The number of carbonyl (C=O) groups is 2. The molecule has 0 saturated carbocycles. The van der Waals surface area contributed by atoms with Gasteiger partial charge in [0.05, 0.1) is 29.8 Å². The molecule has 2 heterocycles. The van der Waals surface area contributed by atoms with Crippen molar-refractivity contribution in [2.24, 2.45) is 0 Å². The maximum atomic E-state index is 12.4. The van der Waals surface area contributed by atoms with Gasteiger partial charge in [-0.2, -0.15) is 4.31 Å². The van der Waals surface area contributed by atoms with Crippen molar-refractivity contribution < 1.29 is 27.2 Å². The van der Waals surface area contributed by atoms with E-state index in [1.165, 1.54) is 29.8 Å². The van der Waals surface area contributed by atoms with Crippen LogP contribution in [0.2, 0.25) is 0 Å². The summed E-state index contributed by atoms with van der Waals surface area (Å²) < 4.78 is 36.5. The summed E-state index contributed by atoms with van der Waals surface area (Å²) in [5.74, 6) is -1.10. The molecule has 1 fully saturated rings. The number of amides is 2. The predicted molar refractivity (Wildman–Crippen MR) is 94.0 cm³/mol. The summed E-state index contributed by atoms with van der Waals surface area (Å²) in [6, 6.07) is 0.681. The third kappa shape index (κ3) is 5.55. The Morgan fingerprint density at radius 2 is 1.96 bits per heavy atom. The highest BCUT2D eigenvalue weighted by Crippen LogP contribution is 2.14. The number of hydrogen-bond acceptors (Lipinski definition) is 6. The highest BCUT2D eigenvalue weighted by molar-refractivity contribution is 7.89. The van der Waals surface area contributed by atoms with E-state index in [9.17, 15) is 18.0 Å². The molecule has 2 N–H and O–H groups in total. The van der Waals surface area contributed by atoms with Crippen LogP contribution < -0.4 is 10.6 Å². The van der Waals surface area contributed by atoms with Crippen molar-refractivity contribution in [3.05, 3.63) is 24.2 Å². The number of hydrogen-bond donors (Lipinski definition) is 2. The number of ether oxygens (including phenoxy) is 1. The summed E-state index contributed by atoms with van der Waals surface area (Å²) in [5, 5.41) is 5.05. The molecular weight excluding hydrogens is 362 g/mol. The molecule has 0 aliphatic carbocycles. The summed E-state index contributed by atoms with van der Waals surface area (Å²) in [6.07, 6.45) is 2.30. The van der Waals surface area contributed by atoms with Gasteiger partial charge >= 0.3 is 0 Å². The Morgan fingerprint density at radius 1 is 1.31 bits per heavy atom. The lowest BCUT2D eigenvalue weighted by atomic mass is 10.2. The van der Waals surface area contributed by atoms with Crippen LogP contribution in [0.5, 0.6) is 0 Å². The van der Waals surface area contributed by atoms with E-state index in [-0.39, 0.29) is 24.5 Å². The van der Waals surface area contributed by atoms with Gasteiger partial charge in [-0.25, -0.2) is 8.42 Å². The molecule has 1 saturated heterocycles. The van der Waals surface area contributed by atoms with Gasteiger partial charge in [0.1, 0.15) is 12.3 Å². The van der Waals surface area contributed by atoms with E-state index in [1.54, 1.807) is 0 Å². The van der Waals surface area contributed by atoms with Gasteiger partial charge in [0, 0.05) is 19.6 Å². The van der Waals surface area contributed by atoms with Crippen molar-refractivity contribution in [2.75, 3.05) is 25.4 Å². The monoisotopic (exact) mass is 387 g/mol. The first-order valence-electron chi connectivity index (χ1n) is 8.43. The van der Waals surface area contributed by atoms with E-state index in [1.807, 2.05) is 13.8 Å². The van der Waals surface area contributed by atoms with E-state index in [0.29, 0.717) is 18.7 Å². The number of morpholine rings is 1. The third-order valence-corrected chi connectivity index (χ3v) is 5.77. The minimum Gasteiger partial charge on any atom is -0.472 e. The maximum Gasteiger partial charge on any atom is 0.255 e. The number of carbonyl (C=O) groups excluding carboxylic acids is 2. The fraction of sp³-hybridized carbons (Fsp3) is 0.625. The second-order valence-corrected chi connectivity index (χ2v) is 8.48. The van der Waals surface area contributed by atoms with Gasteiger partial charge < -0.3 is 19.8 Å². The Labute approximate surface area is 153 Å². The van der Waals surface area contributed by atoms with Gasteiger partial charge in [0.15, 0.2) is 0 Å². The molecule has 0 spiro atoms. The molecule has 0 bridgehead atoms. The van der Waals surface area contributed by atoms with Crippen molar-refractivity contribution in [1.82, 2.24) is 14.9 Å². The lowest BCUT2D eigenvalue weighted by Gasteiger charge is -2.34. The van der Waals surface area contributed by atoms with E-state index >= 15 is 0 Å². The molecule has 1 aliphatic rings. The Hall–Kier alpha value is -1.91. The quantitative estimate of drug-likeness (QED) is 0.677. The minimum absolute atomic E-state index is 0.0345. The lowest BCUT2D eigenvalue weighted by molar-refractivity contribution is -0.122. The van der Waals surface area contributed by atoms with E-state index in [2.05, 4.69) is 10.6 Å². The molecular formula is C16H25N3O6S. The van der Waals surface area contributed by atoms with Crippen LogP contribution in [0.4, 0.5) is 0 Å². The summed E-state index contributed by atoms with van der Waals surface area (Å²) in [7, 11) is -3.49. The van der Waals surface area contributed by atoms with Crippen LogP contribution >= 0.6 is 0 Å². The Morgan fingerprint density at radius 3 is 2.54 bits per heavy atom. The van der Waals surface area contributed by atoms with Gasteiger partial charge in [-0.05, 0) is 26.8 Å². The highest BCUT2D eigenvalue weighted by atomic mass is 32.2. The Balaban J connectivity index is 1.78. The summed E-state index contributed by atoms with van der Waals surface area (Å²) in [4.78, 5) is 23.9. The van der Waals surface area contributed by atoms with Crippen molar-refractivity contribution in [1.29, 1.82) is 0 Å². The minimum atomic E-state index is -3.49. The van der Waals surface area contributed by atoms with Crippen molar-refractivity contribution >= 4 is 21.8 Å². The Kier molecular flexibility index (Phi) is 6.79. The van der Waals surface area contributed by atoms with E-state index in [0.717, 1.165) is 0 Å². The normalized spacial score (nSPS) is 22.6. The molecule has 10 heteroatoms. The zero-order valence-corrected chi connectivity index (χ0v) is 15.9. The molecule has 146 valence electrons. The molecule has 3 atom stereocenters. The van der Waals surface area contributed by atoms with Gasteiger partial charge in [-0.1, -0.05) is 0 Å². The molecule has 26 heavy (non-hydrogen) atoms. The smallest absolute Gasteiger partial charge is 0.255 e. The SMILES string of the molecule is CC1CN(S(=O)(=O)CCNC(=O)C(C)NC(=O)c2ccoc2)CC(C)O1. The number of nitrogens with one attached hydrogen (secondary N) is 2. The van der Waals surface area contributed by atoms with Crippen LogP contribution in [0.25, 0.3) is 0 Å². The molecule has 9 nitrogen and oxygen atoms in total. The van der Waals surface area contributed by atoms with Crippen molar-refractivity contribution in [3.63, 3.8) is 0 Å². The Bertz CT molecular complexity index is 708. The number of sulfonamides is 1. The van der Waals surface area contributed by atoms with Crippen LogP contribution in [0.15, 0.2) is 23.0 Å². The number of nitrogens with zero attached hydrogens (tertiary/aromatic N) is 1. The van der Waals surface area contributed by atoms with Gasteiger partial charge in [0.2, 0.25) is 15.9 Å². The number of rotatable bonds is 7. The third-order valence-electron chi connectivity index (χ3n) is 3.96. The summed E-state index contributed by atoms with van der Waals surface area (Å²) in [6.45, 7) is 5.74. The zero-order valence-electron chi connectivity index (χ0n) is 15.1. The summed E-state index contributed by atoms with van der Waals surface area (Å²) in [5.41, 5.74) is 0.308. The fourth-order valence-corrected chi connectivity index (χ4v) is 4.17. The molecule has 1 aromatic rings. The molecule has 0 radical (unpaired) electrons. The van der Waals surface area contributed by atoms with Crippen LogP contribution in [0.1, 0.15) is 31.1 Å². The van der Waals surface area contributed by atoms with Crippen LogP contribution in [0.3, 0.4) is 0 Å².